The Morgan fingerprint density at radius 2 is 1.77 bits per heavy atom. The van der Waals surface area contributed by atoms with E-state index in [1.165, 1.54) is 18.9 Å². The zero-order chi connectivity index (χ0) is 25.2. The van der Waals surface area contributed by atoms with Crippen LogP contribution in [0.5, 0.6) is 0 Å². The van der Waals surface area contributed by atoms with Crippen LogP contribution >= 0.6 is 24.0 Å². The number of esters is 1. The van der Waals surface area contributed by atoms with E-state index in [0.717, 1.165) is 30.4 Å². The largest absolute Gasteiger partial charge is 0.465 e. The number of carbonyl (C=O) groups is 3. The predicted octanol–water partition coefficient (Wildman–Crippen LogP) is 5.28. The highest BCUT2D eigenvalue weighted by atomic mass is 32.2. The molecule has 0 radical (unpaired) electrons. The lowest BCUT2D eigenvalue weighted by atomic mass is 10.1. The first kappa shape index (κ1) is 26.6. The van der Waals surface area contributed by atoms with Crippen LogP contribution in [0, 0.1) is 0 Å². The molecule has 2 aromatic carbocycles. The summed E-state index contributed by atoms with van der Waals surface area (Å²) in [7, 11) is 1.34. The van der Waals surface area contributed by atoms with E-state index in [0.29, 0.717) is 40.8 Å². The first-order chi connectivity index (χ1) is 16.9. The molecule has 0 saturated carbocycles. The van der Waals surface area contributed by atoms with Gasteiger partial charge in [0.2, 0.25) is 5.91 Å². The minimum absolute atomic E-state index is 0.104. The number of hydrogen-bond donors (Lipinski definition) is 0. The molecular weight excluding hydrogens is 480 g/mol. The van der Waals surface area contributed by atoms with Crippen LogP contribution in [0.25, 0.3) is 6.08 Å². The Morgan fingerprint density at radius 1 is 1.06 bits per heavy atom. The van der Waals surface area contributed by atoms with Crippen molar-refractivity contribution in [1.29, 1.82) is 0 Å². The molecule has 1 heterocycles. The molecule has 8 heteroatoms. The Labute approximate surface area is 216 Å². The van der Waals surface area contributed by atoms with E-state index in [1.807, 2.05) is 42.2 Å². The van der Waals surface area contributed by atoms with Crippen molar-refractivity contribution in [2.75, 3.05) is 20.2 Å². The van der Waals surface area contributed by atoms with E-state index in [9.17, 15) is 14.4 Å². The second-order valence-corrected chi connectivity index (χ2v) is 9.83. The summed E-state index contributed by atoms with van der Waals surface area (Å²) < 4.78 is 5.25. The number of amides is 2. The third kappa shape index (κ3) is 7.50. The number of thiocarbonyl (C=S) groups is 1. The summed E-state index contributed by atoms with van der Waals surface area (Å²) in [5.41, 5.74) is 2.40. The van der Waals surface area contributed by atoms with E-state index in [-0.39, 0.29) is 11.8 Å². The minimum atomic E-state index is -0.400. The molecule has 0 N–H and O–H groups in total. The maximum absolute atomic E-state index is 12.8. The maximum Gasteiger partial charge on any atom is 0.337 e. The van der Waals surface area contributed by atoms with E-state index < -0.39 is 5.97 Å². The SMILES string of the molecule is CCN(Cc1ccccc1)C(=O)CCCCCN1C(=O)/C(=C/c2ccc(C(=O)OC)cc2)SC1=S. The second kappa shape index (κ2) is 13.2. The van der Waals surface area contributed by atoms with Gasteiger partial charge in [-0.2, -0.15) is 0 Å². The fourth-order valence-corrected chi connectivity index (χ4v) is 5.05. The van der Waals surface area contributed by atoms with Crippen LogP contribution in [0.1, 0.15) is 54.1 Å². The third-order valence-electron chi connectivity index (χ3n) is 5.73. The Bertz CT molecular complexity index is 1080. The van der Waals surface area contributed by atoms with Gasteiger partial charge in [-0.15, -0.1) is 0 Å². The number of nitrogens with zero attached hydrogens (tertiary/aromatic N) is 2. The summed E-state index contributed by atoms with van der Waals surface area (Å²) in [6.45, 7) is 3.85. The smallest absolute Gasteiger partial charge is 0.337 e. The Kier molecular flexibility index (Phi) is 10.0. The summed E-state index contributed by atoms with van der Waals surface area (Å²) in [5, 5.41) is 0. The fourth-order valence-electron chi connectivity index (χ4n) is 3.74. The van der Waals surface area contributed by atoms with E-state index in [2.05, 4.69) is 0 Å². The summed E-state index contributed by atoms with van der Waals surface area (Å²) in [4.78, 5) is 41.1. The highest BCUT2D eigenvalue weighted by molar-refractivity contribution is 8.26. The van der Waals surface area contributed by atoms with Crippen LogP contribution in [0.2, 0.25) is 0 Å². The summed E-state index contributed by atoms with van der Waals surface area (Å²) in [6.07, 6.45) is 4.69. The molecule has 2 amide bonds. The number of ether oxygens (including phenoxy) is 1. The first-order valence-corrected chi connectivity index (χ1v) is 12.9. The maximum atomic E-state index is 12.8. The minimum Gasteiger partial charge on any atom is -0.465 e. The molecule has 0 bridgehead atoms. The highest BCUT2D eigenvalue weighted by Gasteiger charge is 2.31. The second-order valence-electron chi connectivity index (χ2n) is 8.15. The zero-order valence-electron chi connectivity index (χ0n) is 20.1. The Balaban J connectivity index is 1.44. The van der Waals surface area contributed by atoms with Crippen molar-refractivity contribution in [3.8, 4) is 0 Å². The van der Waals surface area contributed by atoms with Crippen molar-refractivity contribution in [2.24, 2.45) is 0 Å². The molecular formula is C27H30N2O4S2. The lowest BCUT2D eigenvalue weighted by Gasteiger charge is -2.21. The standard InChI is InChI=1S/C27H30N2O4S2/c1-3-28(19-21-10-6-4-7-11-21)24(30)12-8-5-9-17-29-25(31)23(35-27(29)34)18-20-13-15-22(16-14-20)26(32)33-2/h4,6-7,10-11,13-16,18H,3,5,8-9,12,17,19H2,1-2H3/b23-18-. The highest BCUT2D eigenvalue weighted by Crippen LogP contribution is 2.32. The molecule has 0 atom stereocenters. The quantitative estimate of drug-likeness (QED) is 0.177. The van der Waals surface area contributed by atoms with E-state index in [1.54, 1.807) is 35.2 Å². The number of methoxy groups -OCH3 is 1. The molecule has 0 aliphatic carbocycles. The van der Waals surface area contributed by atoms with Gasteiger partial charge >= 0.3 is 5.97 Å². The predicted molar refractivity (Wildman–Crippen MR) is 144 cm³/mol. The van der Waals surface area contributed by atoms with Gasteiger partial charge in [-0.3, -0.25) is 14.5 Å². The Morgan fingerprint density at radius 3 is 2.43 bits per heavy atom. The molecule has 1 aliphatic heterocycles. The van der Waals surface area contributed by atoms with Crippen molar-refractivity contribution >= 4 is 52.2 Å². The van der Waals surface area contributed by atoms with Crippen LogP contribution in [0.15, 0.2) is 59.5 Å². The van der Waals surface area contributed by atoms with Crippen LogP contribution in [-0.2, 0) is 20.9 Å². The topological polar surface area (TPSA) is 66.9 Å². The lowest BCUT2D eigenvalue weighted by molar-refractivity contribution is -0.131. The molecule has 2 aromatic rings. The van der Waals surface area contributed by atoms with Crippen molar-refractivity contribution in [1.82, 2.24) is 9.80 Å². The monoisotopic (exact) mass is 510 g/mol. The number of thioether (sulfide) groups is 1. The summed E-state index contributed by atoms with van der Waals surface area (Å²) >= 11 is 6.70. The van der Waals surface area contributed by atoms with Gasteiger partial charge in [0.05, 0.1) is 17.6 Å². The number of benzene rings is 2. The Hall–Kier alpha value is -2.97. The van der Waals surface area contributed by atoms with Gasteiger partial charge in [-0.05, 0) is 49.1 Å². The molecule has 1 saturated heterocycles. The van der Waals surface area contributed by atoms with E-state index in [4.69, 9.17) is 17.0 Å². The van der Waals surface area contributed by atoms with Crippen LogP contribution in [0.3, 0.4) is 0 Å². The van der Waals surface area contributed by atoms with Crippen molar-refractivity contribution < 1.29 is 19.1 Å². The van der Waals surface area contributed by atoms with Gasteiger partial charge in [0.25, 0.3) is 5.91 Å². The average Bonchev–Trinajstić information content (AvgIpc) is 3.14. The van der Waals surface area contributed by atoms with Crippen molar-refractivity contribution in [3.63, 3.8) is 0 Å². The number of unbranched alkanes of at least 4 members (excludes halogenated alkanes) is 2. The number of hydrogen-bond acceptors (Lipinski definition) is 6. The van der Waals surface area contributed by atoms with Gasteiger partial charge in [0, 0.05) is 26.1 Å². The third-order valence-corrected chi connectivity index (χ3v) is 7.10. The van der Waals surface area contributed by atoms with Crippen LogP contribution in [-0.4, -0.2) is 52.1 Å². The molecule has 35 heavy (non-hydrogen) atoms. The lowest BCUT2D eigenvalue weighted by Crippen LogP contribution is -2.30. The van der Waals surface area contributed by atoms with E-state index >= 15 is 0 Å². The number of rotatable bonds is 11. The van der Waals surface area contributed by atoms with Crippen LogP contribution < -0.4 is 0 Å². The van der Waals surface area contributed by atoms with Gasteiger partial charge in [0.15, 0.2) is 0 Å². The summed E-state index contributed by atoms with van der Waals surface area (Å²) in [5.74, 6) is -0.348. The molecule has 0 spiro atoms. The fraction of sp³-hybridized carbons (Fsp3) is 0.333. The van der Waals surface area contributed by atoms with Gasteiger partial charge in [-0.1, -0.05) is 72.9 Å². The normalized spacial score (nSPS) is 14.5. The first-order valence-electron chi connectivity index (χ1n) is 11.7. The molecule has 6 nitrogen and oxygen atoms in total. The van der Waals surface area contributed by atoms with Crippen molar-refractivity contribution in [2.45, 2.75) is 39.2 Å². The van der Waals surface area contributed by atoms with Gasteiger partial charge in [0.1, 0.15) is 4.32 Å². The van der Waals surface area contributed by atoms with Crippen molar-refractivity contribution in [3.05, 3.63) is 76.2 Å². The molecule has 184 valence electrons. The summed E-state index contributed by atoms with van der Waals surface area (Å²) in [6, 6.07) is 16.9. The average molecular weight is 511 g/mol. The molecule has 0 aromatic heterocycles. The molecule has 0 unspecified atom stereocenters. The number of carbonyl (C=O) groups excluding carboxylic acids is 3. The van der Waals surface area contributed by atoms with Crippen LogP contribution in [0.4, 0.5) is 0 Å². The van der Waals surface area contributed by atoms with Gasteiger partial charge in [-0.25, -0.2) is 4.79 Å². The molecule has 1 fully saturated rings. The zero-order valence-corrected chi connectivity index (χ0v) is 21.7. The van der Waals surface area contributed by atoms with Gasteiger partial charge < -0.3 is 9.64 Å². The molecule has 1 aliphatic rings. The molecule has 3 rings (SSSR count).